The first-order valence-electron chi connectivity index (χ1n) is 8.44. The van der Waals surface area contributed by atoms with E-state index in [4.69, 9.17) is 5.73 Å². The predicted molar refractivity (Wildman–Crippen MR) is 101 cm³/mol. The van der Waals surface area contributed by atoms with Gasteiger partial charge in [0, 0.05) is 12.2 Å². The molecule has 9 heteroatoms. The standard InChI is InChI=1S/C17H23FN4O2S.ClH/c1-12-10-20-22(11-12)17-7-6-14(8-15(17)18)25(23,24)21-16-5-3-2-4-13(16)9-19;/h6-8,10-11,13,16,21H,2-5,9,19H2,1H3;1H. The minimum Gasteiger partial charge on any atom is -0.330 e. The molecular formula is C17H24ClFN4O2S. The molecule has 26 heavy (non-hydrogen) atoms. The van der Waals surface area contributed by atoms with Crippen LogP contribution < -0.4 is 10.5 Å². The van der Waals surface area contributed by atoms with E-state index in [9.17, 15) is 12.8 Å². The lowest BCUT2D eigenvalue weighted by molar-refractivity contribution is 0.296. The SMILES string of the molecule is Cc1cnn(-c2ccc(S(=O)(=O)NC3CCCCC3CN)cc2F)c1.Cl. The van der Waals surface area contributed by atoms with Crippen molar-refractivity contribution in [2.75, 3.05) is 6.54 Å². The Morgan fingerprint density at radius 3 is 2.69 bits per heavy atom. The van der Waals surface area contributed by atoms with Crippen LogP contribution in [0.15, 0.2) is 35.5 Å². The minimum atomic E-state index is -3.79. The second kappa shape index (κ2) is 8.47. The zero-order valence-electron chi connectivity index (χ0n) is 14.6. The van der Waals surface area contributed by atoms with Crippen molar-refractivity contribution in [1.82, 2.24) is 14.5 Å². The molecule has 3 rings (SSSR count). The first kappa shape index (κ1) is 20.8. The highest BCUT2D eigenvalue weighted by molar-refractivity contribution is 7.89. The number of nitrogens with zero attached hydrogens (tertiary/aromatic N) is 2. The molecule has 0 aliphatic heterocycles. The van der Waals surface area contributed by atoms with Gasteiger partial charge in [0.1, 0.15) is 11.5 Å². The minimum absolute atomic E-state index is 0. The molecule has 2 unspecified atom stereocenters. The van der Waals surface area contributed by atoms with Crippen molar-refractivity contribution >= 4 is 22.4 Å². The summed E-state index contributed by atoms with van der Waals surface area (Å²) >= 11 is 0. The summed E-state index contributed by atoms with van der Waals surface area (Å²) in [6.45, 7) is 2.29. The van der Waals surface area contributed by atoms with Crippen LogP contribution in [-0.2, 0) is 10.0 Å². The van der Waals surface area contributed by atoms with Gasteiger partial charge in [-0.05, 0) is 56.0 Å². The summed E-state index contributed by atoms with van der Waals surface area (Å²) < 4.78 is 43.8. The second-order valence-corrected chi connectivity index (χ2v) is 8.30. The molecule has 1 aromatic carbocycles. The number of hydrogen-bond donors (Lipinski definition) is 2. The van der Waals surface area contributed by atoms with Gasteiger partial charge in [-0.25, -0.2) is 22.2 Å². The molecule has 0 bridgehead atoms. The largest absolute Gasteiger partial charge is 0.330 e. The van der Waals surface area contributed by atoms with Gasteiger partial charge in [0.2, 0.25) is 10.0 Å². The third kappa shape index (κ3) is 4.43. The maximum absolute atomic E-state index is 14.4. The van der Waals surface area contributed by atoms with Crippen LogP contribution in [0, 0.1) is 18.7 Å². The summed E-state index contributed by atoms with van der Waals surface area (Å²) in [5.41, 5.74) is 6.86. The molecule has 3 N–H and O–H groups in total. The fourth-order valence-corrected chi connectivity index (χ4v) is 4.65. The van der Waals surface area contributed by atoms with E-state index in [1.54, 1.807) is 12.4 Å². The van der Waals surface area contributed by atoms with Crippen LogP contribution in [0.2, 0.25) is 0 Å². The number of halogens is 2. The van der Waals surface area contributed by atoms with Crippen molar-refractivity contribution in [1.29, 1.82) is 0 Å². The molecule has 1 fully saturated rings. The number of aromatic nitrogens is 2. The van der Waals surface area contributed by atoms with Crippen molar-refractivity contribution in [2.24, 2.45) is 11.7 Å². The van der Waals surface area contributed by atoms with E-state index in [1.807, 2.05) is 6.92 Å². The van der Waals surface area contributed by atoms with E-state index in [0.29, 0.717) is 6.54 Å². The van der Waals surface area contributed by atoms with Crippen LogP contribution in [0.4, 0.5) is 4.39 Å². The summed E-state index contributed by atoms with van der Waals surface area (Å²) in [7, 11) is -3.79. The smallest absolute Gasteiger partial charge is 0.240 e. The third-order valence-electron chi connectivity index (χ3n) is 4.71. The van der Waals surface area contributed by atoms with E-state index in [1.165, 1.54) is 16.8 Å². The Bertz CT molecular complexity index is 856. The van der Waals surface area contributed by atoms with Crippen LogP contribution in [0.1, 0.15) is 31.2 Å². The Kier molecular flexibility index (Phi) is 6.79. The highest BCUT2D eigenvalue weighted by atomic mass is 35.5. The summed E-state index contributed by atoms with van der Waals surface area (Å²) in [6.07, 6.45) is 6.99. The van der Waals surface area contributed by atoms with Crippen molar-refractivity contribution in [3.05, 3.63) is 42.0 Å². The molecule has 1 heterocycles. The average Bonchev–Trinajstić information content (AvgIpc) is 3.01. The number of benzene rings is 1. The maximum atomic E-state index is 14.4. The van der Waals surface area contributed by atoms with Gasteiger partial charge in [-0.15, -0.1) is 12.4 Å². The van der Waals surface area contributed by atoms with Crippen LogP contribution >= 0.6 is 12.4 Å². The average molecular weight is 403 g/mol. The Labute approximate surface area is 159 Å². The quantitative estimate of drug-likeness (QED) is 0.804. The Hall–Kier alpha value is -1.48. The lowest BCUT2D eigenvalue weighted by Crippen LogP contribution is -2.44. The molecule has 1 aromatic heterocycles. The molecule has 1 saturated carbocycles. The molecule has 144 valence electrons. The van der Waals surface area contributed by atoms with Gasteiger partial charge >= 0.3 is 0 Å². The zero-order valence-corrected chi connectivity index (χ0v) is 16.2. The highest BCUT2D eigenvalue weighted by Gasteiger charge is 2.29. The first-order chi connectivity index (χ1) is 11.9. The monoisotopic (exact) mass is 402 g/mol. The first-order valence-corrected chi connectivity index (χ1v) is 9.92. The topological polar surface area (TPSA) is 90.0 Å². The predicted octanol–water partition coefficient (Wildman–Crippen LogP) is 2.54. The molecule has 1 aliphatic rings. The van der Waals surface area contributed by atoms with Gasteiger partial charge < -0.3 is 5.73 Å². The molecule has 0 amide bonds. The Morgan fingerprint density at radius 2 is 2.08 bits per heavy atom. The van der Waals surface area contributed by atoms with Crippen LogP contribution in [0.3, 0.4) is 0 Å². The Balaban J connectivity index is 0.00000243. The number of hydrogen-bond acceptors (Lipinski definition) is 4. The second-order valence-electron chi connectivity index (χ2n) is 6.58. The molecule has 6 nitrogen and oxygen atoms in total. The normalized spacial score (nSPS) is 20.6. The molecular weight excluding hydrogens is 379 g/mol. The maximum Gasteiger partial charge on any atom is 0.240 e. The van der Waals surface area contributed by atoms with Gasteiger partial charge in [-0.3, -0.25) is 0 Å². The molecule has 0 radical (unpaired) electrons. The fraction of sp³-hybridized carbons (Fsp3) is 0.471. The third-order valence-corrected chi connectivity index (χ3v) is 6.19. The van der Waals surface area contributed by atoms with Crippen molar-refractivity contribution in [3.63, 3.8) is 0 Å². The number of nitrogens with two attached hydrogens (primary N) is 1. The Morgan fingerprint density at radius 1 is 1.35 bits per heavy atom. The van der Waals surface area contributed by atoms with E-state index in [0.717, 1.165) is 37.3 Å². The van der Waals surface area contributed by atoms with E-state index < -0.39 is 15.8 Å². The summed E-state index contributed by atoms with van der Waals surface area (Å²) in [6, 6.07) is 3.67. The number of sulfonamides is 1. The van der Waals surface area contributed by atoms with Gasteiger partial charge in [0.15, 0.2) is 0 Å². The van der Waals surface area contributed by atoms with E-state index >= 15 is 0 Å². The molecule has 0 spiro atoms. The summed E-state index contributed by atoms with van der Waals surface area (Å²) in [5, 5.41) is 4.05. The number of nitrogens with one attached hydrogen (secondary N) is 1. The number of rotatable bonds is 5. The van der Waals surface area contributed by atoms with E-state index in [2.05, 4.69) is 9.82 Å². The summed E-state index contributed by atoms with van der Waals surface area (Å²) in [4.78, 5) is -0.0843. The zero-order chi connectivity index (χ0) is 18.0. The van der Waals surface area contributed by atoms with Crippen molar-refractivity contribution < 1.29 is 12.8 Å². The van der Waals surface area contributed by atoms with Crippen molar-refractivity contribution in [3.8, 4) is 5.69 Å². The molecule has 0 saturated heterocycles. The lowest BCUT2D eigenvalue weighted by atomic mass is 9.85. The van der Waals surface area contributed by atoms with Gasteiger partial charge in [-0.2, -0.15) is 5.10 Å². The number of aryl methyl sites for hydroxylation is 1. The highest BCUT2D eigenvalue weighted by Crippen LogP contribution is 2.26. The fourth-order valence-electron chi connectivity index (χ4n) is 3.30. The van der Waals surface area contributed by atoms with Gasteiger partial charge in [0.05, 0.1) is 11.1 Å². The van der Waals surface area contributed by atoms with Gasteiger partial charge in [-0.1, -0.05) is 12.8 Å². The van der Waals surface area contributed by atoms with Crippen molar-refractivity contribution in [2.45, 2.75) is 43.5 Å². The van der Waals surface area contributed by atoms with E-state index in [-0.39, 0.29) is 34.9 Å². The van der Waals surface area contributed by atoms with Crippen LogP contribution in [0.5, 0.6) is 0 Å². The summed E-state index contributed by atoms with van der Waals surface area (Å²) in [5.74, 6) is -0.510. The molecule has 2 atom stereocenters. The molecule has 1 aliphatic carbocycles. The van der Waals surface area contributed by atoms with Crippen LogP contribution in [-0.4, -0.2) is 30.8 Å². The molecule has 2 aromatic rings. The van der Waals surface area contributed by atoms with Gasteiger partial charge in [0.25, 0.3) is 0 Å². The van der Waals surface area contributed by atoms with Crippen LogP contribution in [0.25, 0.3) is 5.69 Å². The lowest BCUT2D eigenvalue weighted by Gasteiger charge is -2.31.